The molecule has 1 heterocycles. The molecule has 0 spiro atoms. The quantitative estimate of drug-likeness (QED) is 0.897. The first-order valence-electron chi connectivity index (χ1n) is 7.50. The standard InChI is InChI=1S/C16H24N2O3/c1-4-20-14-5-7-15(8-6-14)21-11-16(19)18-10-9-17-12(2)13(18)3/h5-8,12-13,17H,4,9-11H2,1-3H3. The van der Waals surface area contributed by atoms with Crippen LogP contribution in [0.4, 0.5) is 0 Å². The second kappa shape index (κ2) is 7.31. The number of ether oxygens (including phenoxy) is 2. The van der Waals surface area contributed by atoms with Gasteiger partial charge in [-0.3, -0.25) is 4.79 Å². The maximum atomic E-state index is 12.2. The molecular formula is C16H24N2O3. The summed E-state index contributed by atoms with van der Waals surface area (Å²) in [6.07, 6.45) is 0. The number of carbonyl (C=O) groups excluding carboxylic acids is 1. The van der Waals surface area contributed by atoms with Crippen molar-refractivity contribution in [1.82, 2.24) is 10.2 Å². The molecule has 0 radical (unpaired) electrons. The lowest BCUT2D eigenvalue weighted by Gasteiger charge is -2.38. The smallest absolute Gasteiger partial charge is 0.260 e. The Hall–Kier alpha value is -1.75. The highest BCUT2D eigenvalue weighted by molar-refractivity contribution is 5.78. The molecule has 1 aliphatic heterocycles. The lowest BCUT2D eigenvalue weighted by atomic mass is 10.1. The fourth-order valence-corrected chi connectivity index (χ4v) is 2.44. The summed E-state index contributed by atoms with van der Waals surface area (Å²) in [5, 5.41) is 3.36. The zero-order chi connectivity index (χ0) is 15.2. The van der Waals surface area contributed by atoms with Crippen molar-refractivity contribution in [2.75, 3.05) is 26.3 Å². The number of nitrogens with one attached hydrogen (secondary N) is 1. The number of carbonyl (C=O) groups is 1. The first-order valence-corrected chi connectivity index (χ1v) is 7.50. The molecule has 5 nitrogen and oxygen atoms in total. The van der Waals surface area contributed by atoms with Crippen LogP contribution < -0.4 is 14.8 Å². The van der Waals surface area contributed by atoms with Gasteiger partial charge in [0.15, 0.2) is 6.61 Å². The molecule has 1 aliphatic rings. The second-order valence-electron chi connectivity index (χ2n) is 5.26. The van der Waals surface area contributed by atoms with Crippen LogP contribution in [-0.4, -0.2) is 49.2 Å². The van der Waals surface area contributed by atoms with Crippen molar-refractivity contribution in [3.63, 3.8) is 0 Å². The van der Waals surface area contributed by atoms with E-state index in [0.717, 1.165) is 18.8 Å². The van der Waals surface area contributed by atoms with Crippen molar-refractivity contribution in [2.45, 2.75) is 32.9 Å². The third-order valence-corrected chi connectivity index (χ3v) is 3.85. The van der Waals surface area contributed by atoms with Crippen molar-refractivity contribution in [3.05, 3.63) is 24.3 Å². The number of rotatable bonds is 5. The molecule has 1 saturated heterocycles. The monoisotopic (exact) mass is 292 g/mol. The van der Waals surface area contributed by atoms with Gasteiger partial charge in [0.25, 0.3) is 5.91 Å². The normalized spacial score (nSPS) is 22.0. The highest BCUT2D eigenvalue weighted by Gasteiger charge is 2.28. The second-order valence-corrected chi connectivity index (χ2v) is 5.26. The van der Waals surface area contributed by atoms with Gasteiger partial charge in [-0.25, -0.2) is 0 Å². The molecule has 0 aromatic heterocycles. The van der Waals surface area contributed by atoms with Gasteiger partial charge in [-0.15, -0.1) is 0 Å². The van der Waals surface area contributed by atoms with Gasteiger partial charge >= 0.3 is 0 Å². The molecule has 116 valence electrons. The van der Waals surface area contributed by atoms with Gasteiger partial charge in [0.05, 0.1) is 6.61 Å². The summed E-state index contributed by atoms with van der Waals surface area (Å²) in [5.74, 6) is 1.52. The maximum absolute atomic E-state index is 12.2. The summed E-state index contributed by atoms with van der Waals surface area (Å²) in [5.41, 5.74) is 0. The molecule has 5 heteroatoms. The van der Waals surface area contributed by atoms with Crippen molar-refractivity contribution in [2.24, 2.45) is 0 Å². The van der Waals surface area contributed by atoms with Gasteiger partial charge in [-0.1, -0.05) is 0 Å². The van der Waals surface area contributed by atoms with Crippen LogP contribution in [0.2, 0.25) is 0 Å². The van der Waals surface area contributed by atoms with Crippen LogP contribution in [0.15, 0.2) is 24.3 Å². The lowest BCUT2D eigenvalue weighted by Crippen LogP contribution is -2.58. The molecule has 1 aromatic carbocycles. The van der Waals surface area contributed by atoms with Crippen molar-refractivity contribution >= 4 is 5.91 Å². The van der Waals surface area contributed by atoms with E-state index in [9.17, 15) is 4.79 Å². The molecule has 2 unspecified atom stereocenters. The van der Waals surface area contributed by atoms with Crippen LogP contribution in [0.5, 0.6) is 11.5 Å². The fraction of sp³-hybridized carbons (Fsp3) is 0.562. The van der Waals surface area contributed by atoms with Gasteiger partial charge < -0.3 is 19.7 Å². The average Bonchev–Trinajstić information content (AvgIpc) is 2.49. The van der Waals surface area contributed by atoms with Gasteiger partial charge in [0.2, 0.25) is 0 Å². The molecule has 2 atom stereocenters. The Morgan fingerprint density at radius 2 is 1.86 bits per heavy atom. The topological polar surface area (TPSA) is 50.8 Å². The van der Waals surface area contributed by atoms with Crippen molar-refractivity contribution < 1.29 is 14.3 Å². The Balaban J connectivity index is 1.85. The first kappa shape index (κ1) is 15.6. The third-order valence-electron chi connectivity index (χ3n) is 3.85. The van der Waals surface area contributed by atoms with Crippen LogP contribution in [-0.2, 0) is 4.79 Å². The predicted octanol–water partition coefficient (Wildman–Crippen LogP) is 1.67. The van der Waals surface area contributed by atoms with E-state index < -0.39 is 0 Å². The fourth-order valence-electron chi connectivity index (χ4n) is 2.44. The minimum atomic E-state index is 0.0322. The zero-order valence-electron chi connectivity index (χ0n) is 13.0. The van der Waals surface area contributed by atoms with Crippen LogP contribution in [0.3, 0.4) is 0 Å². The summed E-state index contributed by atoms with van der Waals surface area (Å²) in [4.78, 5) is 14.1. The minimum absolute atomic E-state index is 0.0322. The summed E-state index contributed by atoms with van der Waals surface area (Å²) in [6.45, 7) is 8.38. The Bertz CT molecular complexity index is 461. The van der Waals surface area contributed by atoms with Crippen molar-refractivity contribution in [1.29, 1.82) is 0 Å². The summed E-state index contributed by atoms with van der Waals surface area (Å²) >= 11 is 0. The minimum Gasteiger partial charge on any atom is -0.494 e. The number of nitrogens with zero attached hydrogens (tertiary/aromatic N) is 1. The summed E-state index contributed by atoms with van der Waals surface area (Å²) in [7, 11) is 0. The average molecular weight is 292 g/mol. The van der Waals surface area contributed by atoms with Gasteiger partial charge in [-0.05, 0) is 45.0 Å². The van der Waals surface area contributed by atoms with Gasteiger partial charge in [0.1, 0.15) is 11.5 Å². The molecule has 1 fully saturated rings. The SMILES string of the molecule is CCOc1ccc(OCC(=O)N2CCNC(C)C2C)cc1. The van der Waals surface area contributed by atoms with E-state index in [2.05, 4.69) is 19.2 Å². The number of hydrogen-bond acceptors (Lipinski definition) is 4. The largest absolute Gasteiger partial charge is 0.494 e. The molecule has 0 aliphatic carbocycles. The Morgan fingerprint density at radius 3 is 2.48 bits per heavy atom. The number of benzene rings is 1. The van der Waals surface area contributed by atoms with E-state index in [0.29, 0.717) is 18.4 Å². The molecule has 1 amide bonds. The van der Waals surface area contributed by atoms with Crippen LogP contribution in [0.25, 0.3) is 0 Å². The molecule has 0 bridgehead atoms. The van der Waals surface area contributed by atoms with E-state index >= 15 is 0 Å². The predicted molar refractivity (Wildman–Crippen MR) is 81.7 cm³/mol. The van der Waals surface area contributed by atoms with Gasteiger partial charge in [-0.2, -0.15) is 0 Å². The molecule has 21 heavy (non-hydrogen) atoms. The van der Waals surface area contributed by atoms with E-state index in [4.69, 9.17) is 9.47 Å². The molecule has 1 N–H and O–H groups in total. The van der Waals surface area contributed by atoms with E-state index in [1.165, 1.54) is 0 Å². The summed E-state index contributed by atoms with van der Waals surface area (Å²) in [6, 6.07) is 7.84. The molecule has 1 aromatic rings. The zero-order valence-corrected chi connectivity index (χ0v) is 13.0. The maximum Gasteiger partial charge on any atom is 0.260 e. The van der Waals surface area contributed by atoms with Crippen LogP contribution >= 0.6 is 0 Å². The van der Waals surface area contributed by atoms with E-state index in [1.54, 1.807) is 0 Å². The Labute approximate surface area is 126 Å². The van der Waals surface area contributed by atoms with Crippen LogP contribution in [0.1, 0.15) is 20.8 Å². The highest BCUT2D eigenvalue weighted by Crippen LogP contribution is 2.18. The number of hydrogen-bond donors (Lipinski definition) is 1. The first-order chi connectivity index (χ1) is 10.1. The highest BCUT2D eigenvalue weighted by atomic mass is 16.5. The third kappa shape index (κ3) is 4.11. The van der Waals surface area contributed by atoms with E-state index in [1.807, 2.05) is 36.1 Å². The Morgan fingerprint density at radius 1 is 1.24 bits per heavy atom. The van der Waals surface area contributed by atoms with Crippen molar-refractivity contribution in [3.8, 4) is 11.5 Å². The molecular weight excluding hydrogens is 268 g/mol. The van der Waals surface area contributed by atoms with Gasteiger partial charge in [0, 0.05) is 25.2 Å². The summed E-state index contributed by atoms with van der Waals surface area (Å²) < 4.78 is 10.9. The van der Waals surface area contributed by atoms with Crippen LogP contribution in [0, 0.1) is 0 Å². The lowest BCUT2D eigenvalue weighted by molar-refractivity contribution is -0.137. The molecule has 2 rings (SSSR count). The Kier molecular flexibility index (Phi) is 5.44. The molecule has 0 saturated carbocycles. The number of piperazine rings is 1. The van der Waals surface area contributed by atoms with E-state index in [-0.39, 0.29) is 18.6 Å². The number of amides is 1.